The number of nitrogens with two attached hydrogens (primary N) is 1. The SMILES string of the molecule is CCc1c(Cl)nn(C)c1-c1csc(N[C@H](CN)Cc2ccccc2C(F)(F)F)c1. The van der Waals surface area contributed by atoms with Crippen molar-refractivity contribution in [1.82, 2.24) is 9.78 Å². The van der Waals surface area contributed by atoms with E-state index < -0.39 is 11.7 Å². The van der Waals surface area contributed by atoms with Gasteiger partial charge in [-0.15, -0.1) is 11.3 Å². The Hall–Kier alpha value is -2.03. The number of aryl methyl sites for hydroxylation is 1. The van der Waals surface area contributed by atoms with Crippen molar-refractivity contribution in [3.05, 3.63) is 57.6 Å². The lowest BCUT2D eigenvalue weighted by Gasteiger charge is -2.19. The summed E-state index contributed by atoms with van der Waals surface area (Å²) in [6.45, 7) is 2.22. The fourth-order valence-electron chi connectivity index (χ4n) is 3.38. The van der Waals surface area contributed by atoms with Crippen molar-refractivity contribution in [3.8, 4) is 11.3 Å². The molecule has 0 aliphatic rings. The molecule has 0 amide bonds. The van der Waals surface area contributed by atoms with Gasteiger partial charge in [0, 0.05) is 36.1 Å². The summed E-state index contributed by atoms with van der Waals surface area (Å²) in [4.78, 5) is 0. The molecule has 0 bridgehead atoms. The van der Waals surface area contributed by atoms with Crippen molar-refractivity contribution in [3.63, 3.8) is 0 Å². The molecule has 3 N–H and O–H groups in total. The summed E-state index contributed by atoms with van der Waals surface area (Å²) >= 11 is 7.68. The van der Waals surface area contributed by atoms with E-state index in [1.807, 2.05) is 25.4 Å². The van der Waals surface area contributed by atoms with Crippen LogP contribution in [0, 0.1) is 0 Å². The highest BCUT2D eigenvalue weighted by Gasteiger charge is 2.33. The molecule has 156 valence electrons. The van der Waals surface area contributed by atoms with E-state index in [1.165, 1.54) is 23.5 Å². The number of anilines is 1. The van der Waals surface area contributed by atoms with E-state index in [0.29, 0.717) is 5.15 Å². The highest BCUT2D eigenvalue weighted by atomic mass is 35.5. The van der Waals surface area contributed by atoms with Crippen LogP contribution in [0.5, 0.6) is 0 Å². The molecule has 0 saturated heterocycles. The number of nitrogens with one attached hydrogen (secondary N) is 1. The zero-order valence-electron chi connectivity index (χ0n) is 16.1. The zero-order valence-corrected chi connectivity index (χ0v) is 17.6. The van der Waals surface area contributed by atoms with Crippen LogP contribution in [0.2, 0.25) is 5.15 Å². The highest BCUT2D eigenvalue weighted by Crippen LogP contribution is 2.35. The summed E-state index contributed by atoms with van der Waals surface area (Å²) < 4.78 is 41.5. The molecular formula is C20H22ClF3N4S. The van der Waals surface area contributed by atoms with E-state index in [0.717, 1.165) is 34.3 Å². The molecule has 0 fully saturated rings. The van der Waals surface area contributed by atoms with Crippen LogP contribution in [0.3, 0.4) is 0 Å². The van der Waals surface area contributed by atoms with E-state index in [-0.39, 0.29) is 24.6 Å². The van der Waals surface area contributed by atoms with Gasteiger partial charge in [-0.3, -0.25) is 4.68 Å². The topological polar surface area (TPSA) is 55.9 Å². The van der Waals surface area contributed by atoms with Crippen LogP contribution in [0.25, 0.3) is 11.3 Å². The smallest absolute Gasteiger partial charge is 0.373 e. The molecule has 2 heterocycles. The van der Waals surface area contributed by atoms with Gasteiger partial charge in [0.25, 0.3) is 0 Å². The van der Waals surface area contributed by atoms with E-state index in [9.17, 15) is 13.2 Å². The van der Waals surface area contributed by atoms with Crippen molar-refractivity contribution in [2.75, 3.05) is 11.9 Å². The third-order valence-corrected chi connectivity index (χ3v) is 5.91. The van der Waals surface area contributed by atoms with Crippen LogP contribution >= 0.6 is 22.9 Å². The quantitative estimate of drug-likeness (QED) is 0.517. The first-order valence-corrected chi connectivity index (χ1v) is 10.4. The predicted molar refractivity (Wildman–Crippen MR) is 113 cm³/mol. The molecule has 0 saturated carbocycles. The van der Waals surface area contributed by atoms with Crippen LogP contribution in [0.4, 0.5) is 18.2 Å². The Morgan fingerprint density at radius 2 is 2.03 bits per heavy atom. The number of hydrogen-bond donors (Lipinski definition) is 2. The van der Waals surface area contributed by atoms with Gasteiger partial charge in [0.2, 0.25) is 0 Å². The second kappa shape index (κ2) is 8.77. The zero-order chi connectivity index (χ0) is 21.2. The van der Waals surface area contributed by atoms with E-state index in [1.54, 1.807) is 10.7 Å². The summed E-state index contributed by atoms with van der Waals surface area (Å²) in [7, 11) is 1.84. The number of hydrogen-bond acceptors (Lipinski definition) is 4. The molecular weight excluding hydrogens is 421 g/mol. The van der Waals surface area contributed by atoms with Crippen LogP contribution in [0.15, 0.2) is 35.7 Å². The maximum Gasteiger partial charge on any atom is 0.416 e. The molecule has 1 atom stereocenters. The van der Waals surface area contributed by atoms with Crippen molar-refractivity contribution < 1.29 is 13.2 Å². The molecule has 0 unspecified atom stereocenters. The summed E-state index contributed by atoms with van der Waals surface area (Å²) in [5, 5.41) is 10.8. The van der Waals surface area contributed by atoms with Gasteiger partial charge in [0.05, 0.1) is 16.3 Å². The molecule has 0 aliphatic heterocycles. The minimum Gasteiger partial charge on any atom is -0.373 e. The van der Waals surface area contributed by atoms with Gasteiger partial charge in [-0.25, -0.2) is 0 Å². The summed E-state index contributed by atoms with van der Waals surface area (Å²) in [6.07, 6.45) is -3.46. The maximum absolute atomic E-state index is 13.3. The minimum atomic E-state index is -4.39. The molecule has 29 heavy (non-hydrogen) atoms. The molecule has 9 heteroatoms. The first-order valence-electron chi connectivity index (χ1n) is 9.16. The highest BCUT2D eigenvalue weighted by molar-refractivity contribution is 7.14. The molecule has 4 nitrogen and oxygen atoms in total. The van der Waals surface area contributed by atoms with Gasteiger partial charge in [-0.05, 0) is 30.5 Å². The minimum absolute atomic E-state index is 0.178. The first kappa shape index (κ1) is 21.7. The van der Waals surface area contributed by atoms with Crippen molar-refractivity contribution in [1.29, 1.82) is 0 Å². The fourth-order valence-corrected chi connectivity index (χ4v) is 4.58. The molecule has 0 radical (unpaired) electrons. The van der Waals surface area contributed by atoms with Gasteiger partial charge in [-0.1, -0.05) is 36.7 Å². The number of thiophene rings is 1. The number of rotatable bonds is 7. The Labute approximate surface area is 176 Å². The predicted octanol–water partition coefficient (Wildman–Crippen LogP) is 5.37. The van der Waals surface area contributed by atoms with Gasteiger partial charge in [0.15, 0.2) is 5.15 Å². The summed E-state index contributed by atoms with van der Waals surface area (Å²) in [6, 6.07) is 7.23. The van der Waals surface area contributed by atoms with Crippen LogP contribution in [-0.4, -0.2) is 22.4 Å². The Kier molecular flexibility index (Phi) is 6.55. The Morgan fingerprint density at radius 3 is 2.69 bits per heavy atom. The number of aromatic nitrogens is 2. The Bertz CT molecular complexity index is 981. The fraction of sp³-hybridized carbons (Fsp3) is 0.350. The lowest BCUT2D eigenvalue weighted by atomic mass is 10.00. The third kappa shape index (κ3) is 4.76. The van der Waals surface area contributed by atoms with Crippen LogP contribution in [-0.2, 0) is 26.1 Å². The number of alkyl halides is 3. The Morgan fingerprint density at radius 1 is 1.31 bits per heavy atom. The molecule has 3 rings (SSSR count). The summed E-state index contributed by atoms with van der Waals surface area (Å²) in [5.74, 6) is 0. The van der Waals surface area contributed by atoms with E-state index in [2.05, 4.69) is 10.4 Å². The summed E-state index contributed by atoms with van der Waals surface area (Å²) in [5.41, 5.74) is 8.32. The number of benzene rings is 1. The second-order valence-corrected chi connectivity index (χ2v) is 8.00. The third-order valence-electron chi connectivity index (χ3n) is 4.74. The van der Waals surface area contributed by atoms with Gasteiger partial charge in [-0.2, -0.15) is 18.3 Å². The largest absolute Gasteiger partial charge is 0.416 e. The maximum atomic E-state index is 13.3. The molecule has 0 spiro atoms. The van der Waals surface area contributed by atoms with Gasteiger partial charge < -0.3 is 11.1 Å². The first-order chi connectivity index (χ1) is 13.7. The normalized spacial score (nSPS) is 12.9. The van der Waals surface area contributed by atoms with Crippen molar-refractivity contribution in [2.24, 2.45) is 12.8 Å². The van der Waals surface area contributed by atoms with Crippen molar-refractivity contribution >= 4 is 27.9 Å². The molecule has 0 aliphatic carbocycles. The van der Waals surface area contributed by atoms with Gasteiger partial charge >= 0.3 is 6.18 Å². The van der Waals surface area contributed by atoms with Crippen LogP contribution < -0.4 is 11.1 Å². The standard InChI is InChI=1S/C20H22ClF3N4S/c1-3-15-18(28(2)27-19(15)21)13-9-17(29-11-13)26-14(10-25)8-12-6-4-5-7-16(12)20(22,23)24/h4-7,9,11,14,26H,3,8,10,25H2,1-2H3/t14-/m0/s1. The number of nitrogens with zero attached hydrogens (tertiary/aromatic N) is 2. The second-order valence-electron chi connectivity index (χ2n) is 6.73. The van der Waals surface area contributed by atoms with E-state index in [4.69, 9.17) is 17.3 Å². The average Bonchev–Trinajstić information content (AvgIpc) is 3.23. The van der Waals surface area contributed by atoms with E-state index >= 15 is 0 Å². The monoisotopic (exact) mass is 442 g/mol. The lowest BCUT2D eigenvalue weighted by molar-refractivity contribution is -0.138. The van der Waals surface area contributed by atoms with Crippen molar-refractivity contribution in [2.45, 2.75) is 32.0 Å². The van der Waals surface area contributed by atoms with Gasteiger partial charge in [0.1, 0.15) is 0 Å². The molecule has 2 aromatic heterocycles. The van der Waals surface area contributed by atoms with Crippen LogP contribution in [0.1, 0.15) is 23.6 Å². The Balaban J connectivity index is 1.81. The molecule has 3 aromatic rings. The lowest BCUT2D eigenvalue weighted by Crippen LogP contribution is -2.31. The molecule has 1 aromatic carbocycles. The number of halogens is 4. The average molecular weight is 443 g/mol.